The van der Waals surface area contributed by atoms with Gasteiger partial charge in [-0.2, -0.15) is 0 Å². The minimum atomic E-state index is -0.155. The molecule has 2 aromatic heterocycles. The van der Waals surface area contributed by atoms with Gasteiger partial charge in [0.2, 0.25) is 0 Å². The van der Waals surface area contributed by atoms with Crippen LogP contribution in [0.3, 0.4) is 0 Å². The van der Waals surface area contributed by atoms with Crippen molar-refractivity contribution in [3.05, 3.63) is 29.8 Å². The maximum absolute atomic E-state index is 12.6. The molecule has 0 spiro atoms. The topological polar surface area (TPSA) is 78.7 Å². The largest absolute Gasteiger partial charge is 0.449 e. The van der Waals surface area contributed by atoms with Crippen molar-refractivity contribution in [2.75, 3.05) is 32.7 Å². The molecule has 3 aliphatic rings. The van der Waals surface area contributed by atoms with Crippen LogP contribution in [-0.2, 0) is 0 Å². The van der Waals surface area contributed by atoms with Crippen molar-refractivity contribution >= 4 is 22.8 Å². The second kappa shape index (κ2) is 6.64. The Morgan fingerprint density at radius 1 is 1.15 bits per heavy atom. The molecule has 3 atom stereocenters. The van der Waals surface area contributed by atoms with E-state index < -0.39 is 0 Å². The summed E-state index contributed by atoms with van der Waals surface area (Å²) >= 11 is 0. The maximum Gasteiger partial charge on any atom is 0.289 e. The van der Waals surface area contributed by atoms with E-state index in [1.54, 1.807) is 18.3 Å². The van der Waals surface area contributed by atoms with Gasteiger partial charge in [0.25, 0.3) is 11.8 Å². The fourth-order valence-electron chi connectivity index (χ4n) is 4.67. The minimum absolute atomic E-state index is 0.0820. The summed E-state index contributed by atoms with van der Waals surface area (Å²) in [6, 6.07) is 3.63. The van der Waals surface area contributed by atoms with E-state index in [0.29, 0.717) is 23.0 Å². The standard InChI is InChI=1S/C20H24N4O3/c25-19(22-15-7-13-3-6-23(11-13)12-15)16-8-14-9-17(27-18(14)10-21-16)20(26)24-4-1-2-5-24/h8-10,13,15H,1-7,11-12H2,(H,22,25)/t13-,15-/m1/s1. The van der Waals surface area contributed by atoms with Gasteiger partial charge in [0.15, 0.2) is 11.3 Å². The first-order valence-corrected chi connectivity index (χ1v) is 9.88. The molecule has 1 unspecified atom stereocenters. The first kappa shape index (κ1) is 16.7. The third-order valence-electron chi connectivity index (χ3n) is 6.04. The fourth-order valence-corrected chi connectivity index (χ4v) is 4.67. The van der Waals surface area contributed by atoms with Crippen LogP contribution in [0.4, 0.5) is 0 Å². The van der Waals surface area contributed by atoms with Gasteiger partial charge in [0, 0.05) is 37.6 Å². The Labute approximate surface area is 157 Å². The number of carbonyl (C=O) groups excluding carboxylic acids is 2. The lowest BCUT2D eigenvalue weighted by atomic mass is 9.97. The second-order valence-electron chi connectivity index (χ2n) is 8.04. The monoisotopic (exact) mass is 368 g/mol. The summed E-state index contributed by atoms with van der Waals surface area (Å²) in [6.07, 6.45) is 5.90. The van der Waals surface area contributed by atoms with E-state index in [0.717, 1.165) is 50.8 Å². The molecule has 0 aromatic carbocycles. The summed E-state index contributed by atoms with van der Waals surface area (Å²) < 4.78 is 5.67. The molecule has 7 nitrogen and oxygen atoms in total. The molecule has 5 heterocycles. The number of carbonyl (C=O) groups is 2. The van der Waals surface area contributed by atoms with Crippen molar-refractivity contribution in [1.29, 1.82) is 0 Å². The molecule has 3 fully saturated rings. The summed E-state index contributed by atoms with van der Waals surface area (Å²) in [5.41, 5.74) is 0.910. The number of hydrogen-bond acceptors (Lipinski definition) is 5. The van der Waals surface area contributed by atoms with Gasteiger partial charge in [0.1, 0.15) is 5.69 Å². The highest BCUT2D eigenvalue weighted by Gasteiger charge is 2.33. The summed E-state index contributed by atoms with van der Waals surface area (Å²) in [5, 5.41) is 3.87. The number of aromatic nitrogens is 1. The van der Waals surface area contributed by atoms with E-state index in [2.05, 4.69) is 15.2 Å². The zero-order valence-electron chi connectivity index (χ0n) is 15.3. The Balaban J connectivity index is 1.31. The number of furan rings is 1. The van der Waals surface area contributed by atoms with E-state index in [9.17, 15) is 9.59 Å². The molecule has 5 rings (SSSR count). The van der Waals surface area contributed by atoms with Crippen LogP contribution in [-0.4, -0.2) is 65.4 Å². The summed E-state index contributed by atoms with van der Waals surface area (Å²) in [4.78, 5) is 33.6. The summed E-state index contributed by atoms with van der Waals surface area (Å²) in [6.45, 7) is 4.79. The highest BCUT2D eigenvalue weighted by Crippen LogP contribution is 2.27. The maximum atomic E-state index is 12.6. The number of fused-ring (bicyclic) bond motifs is 3. The number of hydrogen-bond donors (Lipinski definition) is 1. The van der Waals surface area contributed by atoms with Crippen LogP contribution < -0.4 is 5.32 Å². The molecule has 27 heavy (non-hydrogen) atoms. The van der Waals surface area contributed by atoms with Gasteiger partial charge in [-0.05, 0) is 50.3 Å². The first-order valence-electron chi connectivity index (χ1n) is 9.88. The lowest BCUT2D eigenvalue weighted by Gasteiger charge is -2.30. The van der Waals surface area contributed by atoms with Crippen molar-refractivity contribution in [2.45, 2.75) is 31.7 Å². The van der Waals surface area contributed by atoms with Gasteiger partial charge >= 0.3 is 0 Å². The van der Waals surface area contributed by atoms with Gasteiger partial charge in [0.05, 0.1) is 6.20 Å². The second-order valence-corrected chi connectivity index (χ2v) is 8.04. The Morgan fingerprint density at radius 3 is 2.81 bits per heavy atom. The van der Waals surface area contributed by atoms with Crippen LogP contribution in [0.5, 0.6) is 0 Å². The van der Waals surface area contributed by atoms with E-state index in [4.69, 9.17) is 4.42 Å². The zero-order valence-corrected chi connectivity index (χ0v) is 15.3. The molecule has 3 saturated heterocycles. The van der Waals surface area contributed by atoms with E-state index in [1.165, 1.54) is 13.0 Å². The molecule has 2 aromatic rings. The number of amides is 2. The highest BCUT2D eigenvalue weighted by atomic mass is 16.3. The quantitative estimate of drug-likeness (QED) is 0.895. The third-order valence-corrected chi connectivity index (χ3v) is 6.04. The lowest BCUT2D eigenvalue weighted by Crippen LogP contribution is -2.47. The van der Waals surface area contributed by atoms with Crippen LogP contribution in [0, 0.1) is 5.92 Å². The Bertz CT molecular complexity index is 874. The predicted molar refractivity (Wildman–Crippen MR) is 99.6 cm³/mol. The van der Waals surface area contributed by atoms with Crippen LogP contribution >= 0.6 is 0 Å². The first-order chi connectivity index (χ1) is 13.2. The summed E-state index contributed by atoms with van der Waals surface area (Å²) in [7, 11) is 0. The SMILES string of the molecule is O=C(N[C@@H]1C[C@H]2CCN(C2)C1)c1cc2cc(C(=O)N3CCCC3)oc2cn1. The van der Waals surface area contributed by atoms with E-state index in [1.807, 2.05) is 4.90 Å². The van der Waals surface area contributed by atoms with Crippen LogP contribution in [0.1, 0.15) is 46.7 Å². The molecule has 2 amide bonds. The average Bonchev–Trinajstić information content (AvgIpc) is 3.40. The molecule has 3 aliphatic heterocycles. The molecule has 7 heteroatoms. The Kier molecular flexibility index (Phi) is 4.11. The van der Waals surface area contributed by atoms with Gasteiger partial charge in [-0.25, -0.2) is 4.98 Å². The van der Waals surface area contributed by atoms with Crippen molar-refractivity contribution in [1.82, 2.24) is 20.1 Å². The number of nitrogens with one attached hydrogen (secondary N) is 1. The van der Waals surface area contributed by atoms with Gasteiger partial charge in [-0.15, -0.1) is 0 Å². The minimum Gasteiger partial charge on any atom is -0.449 e. The van der Waals surface area contributed by atoms with E-state index >= 15 is 0 Å². The number of likely N-dealkylation sites (tertiary alicyclic amines) is 1. The van der Waals surface area contributed by atoms with Crippen molar-refractivity contribution in [2.24, 2.45) is 5.92 Å². The predicted octanol–water partition coefficient (Wildman–Crippen LogP) is 1.89. The van der Waals surface area contributed by atoms with Crippen LogP contribution in [0.25, 0.3) is 11.0 Å². The molecule has 1 N–H and O–H groups in total. The molecule has 0 radical (unpaired) electrons. The van der Waals surface area contributed by atoms with Crippen LogP contribution in [0.15, 0.2) is 22.7 Å². The fraction of sp³-hybridized carbons (Fsp3) is 0.550. The Morgan fingerprint density at radius 2 is 2.00 bits per heavy atom. The third kappa shape index (κ3) is 3.20. The molecule has 2 bridgehead atoms. The van der Waals surface area contributed by atoms with Crippen molar-refractivity contribution in [3.8, 4) is 0 Å². The van der Waals surface area contributed by atoms with Crippen LogP contribution in [0.2, 0.25) is 0 Å². The number of rotatable bonds is 3. The average molecular weight is 368 g/mol. The molecular formula is C20H24N4O3. The van der Waals surface area contributed by atoms with Crippen molar-refractivity contribution in [3.63, 3.8) is 0 Å². The smallest absolute Gasteiger partial charge is 0.289 e. The highest BCUT2D eigenvalue weighted by molar-refractivity contribution is 5.99. The molecule has 0 aliphatic carbocycles. The number of nitrogens with zero attached hydrogens (tertiary/aromatic N) is 3. The molecule has 142 valence electrons. The van der Waals surface area contributed by atoms with Gasteiger partial charge in [-0.3, -0.25) is 9.59 Å². The molecule has 0 saturated carbocycles. The van der Waals surface area contributed by atoms with Gasteiger partial charge in [-0.1, -0.05) is 0 Å². The number of piperidine rings is 1. The lowest BCUT2D eigenvalue weighted by molar-refractivity contribution is 0.0763. The number of pyridine rings is 1. The molecular weight excluding hydrogens is 344 g/mol. The van der Waals surface area contributed by atoms with E-state index in [-0.39, 0.29) is 17.9 Å². The van der Waals surface area contributed by atoms with Crippen molar-refractivity contribution < 1.29 is 14.0 Å². The Hall–Kier alpha value is -2.41. The van der Waals surface area contributed by atoms with Gasteiger partial charge < -0.3 is 19.5 Å². The zero-order chi connectivity index (χ0) is 18.4. The normalized spacial score (nSPS) is 27.3. The summed E-state index contributed by atoms with van der Waals surface area (Å²) in [5.74, 6) is 0.787.